The van der Waals surface area contributed by atoms with E-state index in [4.69, 9.17) is 10.5 Å². The molecule has 2 aromatic rings. The molecule has 0 aromatic heterocycles. The van der Waals surface area contributed by atoms with Gasteiger partial charge in [0.15, 0.2) is 6.61 Å². The summed E-state index contributed by atoms with van der Waals surface area (Å²) < 4.78 is 5.60. The zero-order chi connectivity index (χ0) is 15.5. The van der Waals surface area contributed by atoms with Gasteiger partial charge in [-0.25, -0.2) is 0 Å². The molecule has 4 heteroatoms. The predicted molar refractivity (Wildman–Crippen MR) is 88.1 cm³/mol. The first-order valence-electron chi connectivity index (χ1n) is 7.54. The van der Waals surface area contributed by atoms with Crippen LogP contribution in [0.3, 0.4) is 0 Å². The quantitative estimate of drug-likeness (QED) is 0.886. The molecule has 1 amide bonds. The number of nitrogen functional groups attached to an aromatic ring is 1. The molecule has 3 rings (SSSR count). The Morgan fingerprint density at radius 2 is 1.95 bits per heavy atom. The smallest absolute Gasteiger partial charge is 0.265 e. The van der Waals surface area contributed by atoms with Gasteiger partial charge in [-0.3, -0.25) is 4.79 Å². The fourth-order valence-corrected chi connectivity index (χ4v) is 2.89. The van der Waals surface area contributed by atoms with E-state index in [1.54, 1.807) is 12.1 Å². The largest absolute Gasteiger partial charge is 0.482 e. The number of amides is 1. The van der Waals surface area contributed by atoms with Crippen molar-refractivity contribution in [2.24, 2.45) is 0 Å². The molecule has 1 unspecified atom stereocenters. The lowest BCUT2D eigenvalue weighted by molar-refractivity contribution is -0.121. The van der Waals surface area contributed by atoms with Crippen molar-refractivity contribution in [3.63, 3.8) is 0 Å². The molecule has 0 saturated carbocycles. The fraction of sp³-hybridized carbons (Fsp3) is 0.278. The third kappa shape index (κ3) is 2.77. The van der Waals surface area contributed by atoms with Gasteiger partial charge in [0.25, 0.3) is 5.91 Å². The van der Waals surface area contributed by atoms with Crippen LogP contribution in [0.25, 0.3) is 0 Å². The van der Waals surface area contributed by atoms with Crippen LogP contribution in [0.2, 0.25) is 0 Å². The lowest BCUT2D eigenvalue weighted by Gasteiger charge is -2.35. The van der Waals surface area contributed by atoms with E-state index in [0.717, 1.165) is 18.5 Å². The standard InChI is InChI=1S/C18H20N2O2/c1-13-10-11-14-6-2-4-8-16(14)20(13)18(21)12-22-17-9-5-3-7-15(17)19/h2-9,13H,10-12,19H2,1H3. The number of nitrogens with two attached hydrogens (primary N) is 1. The van der Waals surface area contributed by atoms with E-state index >= 15 is 0 Å². The number of aryl methyl sites for hydroxylation is 1. The van der Waals surface area contributed by atoms with E-state index in [2.05, 4.69) is 13.0 Å². The molecule has 4 nitrogen and oxygen atoms in total. The number of anilines is 2. The van der Waals surface area contributed by atoms with Crippen molar-refractivity contribution in [2.75, 3.05) is 17.2 Å². The maximum absolute atomic E-state index is 12.6. The Kier molecular flexibility index (Phi) is 4.00. The van der Waals surface area contributed by atoms with Crippen LogP contribution in [0.15, 0.2) is 48.5 Å². The molecule has 1 aliphatic rings. The maximum Gasteiger partial charge on any atom is 0.265 e. The molecule has 0 radical (unpaired) electrons. The number of para-hydroxylation sites is 3. The van der Waals surface area contributed by atoms with Gasteiger partial charge in [0.2, 0.25) is 0 Å². The first-order chi connectivity index (χ1) is 10.7. The van der Waals surface area contributed by atoms with Gasteiger partial charge in [0.05, 0.1) is 5.69 Å². The van der Waals surface area contributed by atoms with Crippen LogP contribution in [0.4, 0.5) is 11.4 Å². The summed E-state index contributed by atoms with van der Waals surface area (Å²) in [6.45, 7) is 2.07. The van der Waals surface area contributed by atoms with E-state index in [1.807, 2.05) is 35.2 Å². The fourth-order valence-electron chi connectivity index (χ4n) is 2.89. The summed E-state index contributed by atoms with van der Waals surface area (Å²) in [6, 6.07) is 15.5. The Morgan fingerprint density at radius 3 is 2.77 bits per heavy atom. The maximum atomic E-state index is 12.6. The second-order valence-electron chi connectivity index (χ2n) is 5.61. The monoisotopic (exact) mass is 296 g/mol. The highest BCUT2D eigenvalue weighted by Crippen LogP contribution is 2.30. The molecule has 0 saturated heterocycles. The topological polar surface area (TPSA) is 55.6 Å². The van der Waals surface area contributed by atoms with Gasteiger partial charge in [0.1, 0.15) is 5.75 Å². The molecule has 0 aliphatic carbocycles. The Balaban J connectivity index is 1.76. The summed E-state index contributed by atoms with van der Waals surface area (Å²) in [5.74, 6) is 0.511. The van der Waals surface area contributed by atoms with Crippen molar-refractivity contribution in [3.8, 4) is 5.75 Å². The summed E-state index contributed by atoms with van der Waals surface area (Å²) >= 11 is 0. The molecule has 0 spiro atoms. The average molecular weight is 296 g/mol. The molecule has 0 bridgehead atoms. The summed E-state index contributed by atoms with van der Waals surface area (Å²) in [7, 11) is 0. The van der Waals surface area contributed by atoms with Crippen LogP contribution in [0, 0.1) is 0 Å². The number of fused-ring (bicyclic) bond motifs is 1. The minimum absolute atomic E-state index is 0.00706. The van der Waals surface area contributed by atoms with Gasteiger partial charge in [0, 0.05) is 11.7 Å². The Labute approximate surface area is 130 Å². The highest BCUT2D eigenvalue weighted by Gasteiger charge is 2.28. The number of carbonyl (C=O) groups excluding carboxylic acids is 1. The molecular weight excluding hydrogens is 276 g/mol. The SMILES string of the molecule is CC1CCc2ccccc2N1C(=O)COc1ccccc1N. The number of hydrogen-bond donors (Lipinski definition) is 1. The van der Waals surface area contributed by atoms with Gasteiger partial charge in [-0.15, -0.1) is 0 Å². The number of hydrogen-bond acceptors (Lipinski definition) is 3. The number of carbonyl (C=O) groups is 1. The first-order valence-corrected chi connectivity index (χ1v) is 7.54. The molecule has 22 heavy (non-hydrogen) atoms. The van der Waals surface area contributed by atoms with Crippen molar-refractivity contribution in [1.82, 2.24) is 0 Å². The van der Waals surface area contributed by atoms with Crippen LogP contribution in [-0.2, 0) is 11.2 Å². The average Bonchev–Trinajstić information content (AvgIpc) is 2.53. The molecule has 2 aromatic carbocycles. The zero-order valence-electron chi connectivity index (χ0n) is 12.7. The summed E-state index contributed by atoms with van der Waals surface area (Å²) in [4.78, 5) is 14.5. The molecule has 1 atom stereocenters. The second kappa shape index (κ2) is 6.10. The predicted octanol–water partition coefficient (Wildman–Crippen LogP) is 3.02. The highest BCUT2D eigenvalue weighted by atomic mass is 16.5. The molecule has 1 aliphatic heterocycles. The van der Waals surface area contributed by atoms with Crippen molar-refractivity contribution < 1.29 is 9.53 Å². The molecule has 2 N–H and O–H groups in total. The van der Waals surface area contributed by atoms with Crippen molar-refractivity contribution in [3.05, 3.63) is 54.1 Å². The highest BCUT2D eigenvalue weighted by molar-refractivity contribution is 5.96. The minimum atomic E-state index is -0.0390. The number of benzene rings is 2. The van der Waals surface area contributed by atoms with Gasteiger partial charge in [-0.05, 0) is 43.5 Å². The van der Waals surface area contributed by atoms with Crippen LogP contribution < -0.4 is 15.4 Å². The van der Waals surface area contributed by atoms with Crippen LogP contribution in [0.1, 0.15) is 18.9 Å². The second-order valence-corrected chi connectivity index (χ2v) is 5.61. The summed E-state index contributed by atoms with van der Waals surface area (Å²) in [5, 5.41) is 0. The third-order valence-electron chi connectivity index (χ3n) is 4.06. The number of rotatable bonds is 3. The van der Waals surface area contributed by atoms with Crippen molar-refractivity contribution >= 4 is 17.3 Å². The van der Waals surface area contributed by atoms with E-state index in [-0.39, 0.29) is 18.6 Å². The molecule has 1 heterocycles. The summed E-state index contributed by atoms with van der Waals surface area (Å²) in [6.07, 6.45) is 1.98. The van der Waals surface area contributed by atoms with Gasteiger partial charge in [-0.1, -0.05) is 30.3 Å². The number of ether oxygens (including phenoxy) is 1. The van der Waals surface area contributed by atoms with E-state index in [9.17, 15) is 4.79 Å². The van der Waals surface area contributed by atoms with Gasteiger partial charge in [-0.2, -0.15) is 0 Å². The van der Waals surface area contributed by atoms with Crippen molar-refractivity contribution in [2.45, 2.75) is 25.8 Å². The Bertz CT molecular complexity index is 684. The molecule has 114 valence electrons. The molecule has 0 fully saturated rings. The normalized spacial score (nSPS) is 17.0. The third-order valence-corrected chi connectivity index (χ3v) is 4.06. The van der Waals surface area contributed by atoms with E-state index in [0.29, 0.717) is 11.4 Å². The van der Waals surface area contributed by atoms with E-state index < -0.39 is 0 Å². The number of nitrogens with zero attached hydrogens (tertiary/aromatic N) is 1. The molecular formula is C18H20N2O2. The lowest BCUT2D eigenvalue weighted by Crippen LogP contribution is -2.44. The zero-order valence-corrected chi connectivity index (χ0v) is 12.7. The Hall–Kier alpha value is -2.49. The minimum Gasteiger partial charge on any atom is -0.482 e. The van der Waals surface area contributed by atoms with E-state index in [1.165, 1.54) is 5.56 Å². The van der Waals surface area contributed by atoms with Crippen LogP contribution in [-0.4, -0.2) is 18.6 Å². The Morgan fingerprint density at radius 1 is 1.23 bits per heavy atom. The summed E-state index contributed by atoms with van der Waals surface area (Å²) in [5.41, 5.74) is 8.60. The first kappa shape index (κ1) is 14.4. The van der Waals surface area contributed by atoms with Crippen LogP contribution >= 0.6 is 0 Å². The van der Waals surface area contributed by atoms with Crippen LogP contribution in [0.5, 0.6) is 5.75 Å². The van der Waals surface area contributed by atoms with Gasteiger partial charge < -0.3 is 15.4 Å². The lowest BCUT2D eigenvalue weighted by atomic mass is 9.96. The van der Waals surface area contributed by atoms with Gasteiger partial charge >= 0.3 is 0 Å². The van der Waals surface area contributed by atoms with Crippen molar-refractivity contribution in [1.29, 1.82) is 0 Å².